The summed E-state index contributed by atoms with van der Waals surface area (Å²) in [5, 5.41) is 11.8. The van der Waals surface area contributed by atoms with Crippen LogP contribution >= 0.6 is 0 Å². The van der Waals surface area contributed by atoms with Gasteiger partial charge in [-0.15, -0.1) is 0 Å². The van der Waals surface area contributed by atoms with Crippen LogP contribution in [0.25, 0.3) is 0 Å². The zero-order chi connectivity index (χ0) is 10.1. The first-order valence-electron chi connectivity index (χ1n) is 3.46. The largest absolute Gasteiger partial charge is 0.419 e. The molecule has 0 spiro atoms. The van der Waals surface area contributed by atoms with Gasteiger partial charge in [-0.3, -0.25) is 4.68 Å². The molecule has 1 aromatic rings. The van der Waals surface area contributed by atoms with Crippen molar-refractivity contribution in [1.82, 2.24) is 9.78 Å². The lowest BCUT2D eigenvalue weighted by atomic mass is 10.3. The number of hydrogen-bond donors (Lipinski definition) is 0. The van der Waals surface area contributed by atoms with Crippen LogP contribution in [-0.4, -0.2) is 9.78 Å². The van der Waals surface area contributed by atoms with Crippen LogP contribution in [0.1, 0.15) is 18.5 Å². The summed E-state index contributed by atoms with van der Waals surface area (Å²) >= 11 is 0. The lowest BCUT2D eigenvalue weighted by Gasteiger charge is -2.02. The molecule has 0 aliphatic rings. The fourth-order valence-electron chi connectivity index (χ4n) is 0.755. The lowest BCUT2D eigenvalue weighted by Crippen LogP contribution is -2.05. The van der Waals surface area contributed by atoms with E-state index in [-0.39, 0.29) is 0 Å². The van der Waals surface area contributed by atoms with Gasteiger partial charge in [-0.2, -0.15) is 23.5 Å². The number of rotatable bonds is 1. The van der Waals surface area contributed by atoms with Crippen LogP contribution in [0.4, 0.5) is 13.2 Å². The van der Waals surface area contributed by atoms with Crippen LogP contribution in [0.15, 0.2) is 12.4 Å². The third kappa shape index (κ3) is 1.99. The maximum absolute atomic E-state index is 12.0. The maximum Gasteiger partial charge on any atom is 0.419 e. The molecular formula is C7H6F3N3. The molecule has 1 heterocycles. The Kier molecular flexibility index (Phi) is 2.28. The van der Waals surface area contributed by atoms with Gasteiger partial charge in [0.15, 0.2) is 0 Å². The molecule has 0 amide bonds. The molecule has 1 aromatic heterocycles. The van der Waals surface area contributed by atoms with E-state index in [0.717, 1.165) is 10.9 Å². The molecule has 0 aromatic carbocycles. The first-order valence-corrected chi connectivity index (χ1v) is 3.46. The highest BCUT2D eigenvalue weighted by Gasteiger charge is 2.32. The normalized spacial score (nSPS) is 13.8. The van der Waals surface area contributed by atoms with Crippen molar-refractivity contribution in [3.8, 4) is 6.07 Å². The van der Waals surface area contributed by atoms with E-state index in [0.29, 0.717) is 6.20 Å². The van der Waals surface area contributed by atoms with Gasteiger partial charge in [0.05, 0.1) is 17.8 Å². The van der Waals surface area contributed by atoms with Gasteiger partial charge >= 0.3 is 6.18 Å². The summed E-state index contributed by atoms with van der Waals surface area (Å²) in [6.45, 7) is 1.47. The van der Waals surface area contributed by atoms with Gasteiger partial charge < -0.3 is 0 Å². The summed E-state index contributed by atoms with van der Waals surface area (Å²) in [6.07, 6.45) is -2.88. The topological polar surface area (TPSA) is 41.6 Å². The minimum Gasteiger partial charge on any atom is -0.255 e. The Labute approximate surface area is 72.4 Å². The van der Waals surface area contributed by atoms with E-state index < -0.39 is 17.8 Å². The quantitative estimate of drug-likeness (QED) is 0.677. The molecule has 0 N–H and O–H groups in total. The van der Waals surface area contributed by atoms with Gasteiger partial charge in [0, 0.05) is 6.20 Å². The number of hydrogen-bond acceptors (Lipinski definition) is 2. The van der Waals surface area contributed by atoms with Crippen LogP contribution in [0, 0.1) is 11.3 Å². The van der Waals surface area contributed by atoms with Gasteiger partial charge in [-0.05, 0) is 6.92 Å². The number of halogens is 3. The third-order valence-electron chi connectivity index (χ3n) is 1.51. The maximum atomic E-state index is 12.0. The van der Waals surface area contributed by atoms with Gasteiger partial charge in [0.1, 0.15) is 6.04 Å². The minimum atomic E-state index is -4.40. The summed E-state index contributed by atoms with van der Waals surface area (Å²) in [6, 6.07) is 1.09. The number of aromatic nitrogens is 2. The summed E-state index contributed by atoms with van der Waals surface area (Å²) in [7, 11) is 0. The second kappa shape index (κ2) is 3.09. The molecule has 0 fully saturated rings. The highest BCUT2D eigenvalue weighted by atomic mass is 19.4. The van der Waals surface area contributed by atoms with Crippen molar-refractivity contribution in [3.05, 3.63) is 18.0 Å². The van der Waals surface area contributed by atoms with Gasteiger partial charge in [-0.1, -0.05) is 0 Å². The monoisotopic (exact) mass is 189 g/mol. The van der Waals surface area contributed by atoms with Crippen LogP contribution in [0.2, 0.25) is 0 Å². The Balaban J connectivity index is 2.95. The van der Waals surface area contributed by atoms with E-state index in [4.69, 9.17) is 5.26 Å². The summed E-state index contributed by atoms with van der Waals surface area (Å²) in [4.78, 5) is 0. The third-order valence-corrected chi connectivity index (χ3v) is 1.51. The first kappa shape index (κ1) is 9.58. The zero-order valence-corrected chi connectivity index (χ0v) is 6.71. The summed E-state index contributed by atoms with van der Waals surface area (Å²) < 4.78 is 37.1. The molecule has 0 saturated heterocycles. The van der Waals surface area contributed by atoms with E-state index >= 15 is 0 Å². The van der Waals surface area contributed by atoms with E-state index in [9.17, 15) is 13.2 Å². The second-order valence-corrected chi connectivity index (χ2v) is 2.51. The lowest BCUT2D eigenvalue weighted by molar-refractivity contribution is -0.137. The number of alkyl halides is 3. The Morgan fingerprint density at radius 3 is 2.62 bits per heavy atom. The number of nitrogens with zero attached hydrogens (tertiary/aromatic N) is 3. The highest BCUT2D eigenvalue weighted by Crippen LogP contribution is 2.28. The van der Waals surface area contributed by atoms with Gasteiger partial charge in [0.2, 0.25) is 0 Å². The van der Waals surface area contributed by atoms with Crippen molar-refractivity contribution in [3.63, 3.8) is 0 Å². The fourth-order valence-corrected chi connectivity index (χ4v) is 0.755. The molecule has 0 radical (unpaired) electrons. The molecule has 6 heteroatoms. The van der Waals surface area contributed by atoms with Crippen LogP contribution in [0.5, 0.6) is 0 Å². The second-order valence-electron chi connectivity index (χ2n) is 2.51. The molecule has 1 unspecified atom stereocenters. The minimum absolute atomic E-state index is 0.684. The van der Waals surface area contributed by atoms with E-state index in [2.05, 4.69) is 5.10 Å². The van der Waals surface area contributed by atoms with Gasteiger partial charge in [-0.25, -0.2) is 0 Å². The van der Waals surface area contributed by atoms with Crippen molar-refractivity contribution in [2.75, 3.05) is 0 Å². The predicted octanol–water partition coefficient (Wildman–Crippen LogP) is 1.99. The number of nitriles is 1. The van der Waals surface area contributed by atoms with E-state index in [1.54, 1.807) is 6.07 Å². The molecule has 0 saturated carbocycles. The molecule has 0 bridgehead atoms. The standard InChI is InChI=1S/C7H6F3N3/c1-5(2-11)13-4-6(3-12-13)7(8,9)10/h3-5H,1H3. The van der Waals surface area contributed by atoms with E-state index in [1.807, 2.05) is 0 Å². The molecule has 70 valence electrons. The van der Waals surface area contributed by atoms with Crippen LogP contribution in [-0.2, 0) is 6.18 Å². The smallest absolute Gasteiger partial charge is 0.255 e. The molecular weight excluding hydrogens is 183 g/mol. The summed E-state index contributed by atoms with van der Waals surface area (Å²) in [5.41, 5.74) is -0.838. The summed E-state index contributed by atoms with van der Waals surface area (Å²) in [5.74, 6) is 0. The average Bonchev–Trinajstić information content (AvgIpc) is 2.50. The predicted molar refractivity (Wildman–Crippen MR) is 37.6 cm³/mol. The molecule has 0 aliphatic heterocycles. The molecule has 0 aliphatic carbocycles. The molecule has 3 nitrogen and oxygen atoms in total. The van der Waals surface area contributed by atoms with Crippen molar-refractivity contribution in [2.24, 2.45) is 0 Å². The van der Waals surface area contributed by atoms with Crippen molar-refractivity contribution < 1.29 is 13.2 Å². The zero-order valence-electron chi connectivity index (χ0n) is 6.71. The van der Waals surface area contributed by atoms with Crippen molar-refractivity contribution in [1.29, 1.82) is 5.26 Å². The van der Waals surface area contributed by atoms with Gasteiger partial charge in [0.25, 0.3) is 0 Å². The fraction of sp³-hybridized carbons (Fsp3) is 0.429. The van der Waals surface area contributed by atoms with E-state index in [1.165, 1.54) is 6.92 Å². The highest BCUT2D eigenvalue weighted by molar-refractivity contribution is 5.09. The van der Waals surface area contributed by atoms with Crippen LogP contribution < -0.4 is 0 Å². The molecule has 1 rings (SSSR count). The van der Waals surface area contributed by atoms with Crippen molar-refractivity contribution >= 4 is 0 Å². The Morgan fingerprint density at radius 2 is 2.23 bits per heavy atom. The van der Waals surface area contributed by atoms with Crippen molar-refractivity contribution in [2.45, 2.75) is 19.1 Å². The Bertz CT molecular complexity index is 333. The SMILES string of the molecule is CC(C#N)n1cc(C(F)(F)F)cn1. The Hall–Kier alpha value is -1.51. The molecule has 13 heavy (non-hydrogen) atoms. The average molecular weight is 189 g/mol. The van der Waals surface area contributed by atoms with Crippen LogP contribution in [0.3, 0.4) is 0 Å². The Morgan fingerprint density at radius 1 is 1.62 bits per heavy atom. The first-order chi connectivity index (χ1) is 5.95. The molecule has 1 atom stereocenters.